The van der Waals surface area contributed by atoms with Crippen molar-refractivity contribution >= 4 is 35.0 Å². The lowest BCUT2D eigenvalue weighted by Crippen LogP contribution is -2.08. The zero-order valence-electron chi connectivity index (χ0n) is 8.91. The number of rotatable bonds is 3. The molecule has 0 bridgehead atoms. The lowest BCUT2D eigenvalue weighted by atomic mass is 10.1. The molecule has 0 aromatic heterocycles. The van der Waals surface area contributed by atoms with Crippen LogP contribution in [0.15, 0.2) is 29.3 Å². The summed E-state index contributed by atoms with van der Waals surface area (Å²) in [6.07, 6.45) is 0.704. The zero-order chi connectivity index (χ0) is 11.5. The predicted octanol–water partition coefficient (Wildman–Crippen LogP) is 1.99. The first-order chi connectivity index (χ1) is 7.65. The van der Waals surface area contributed by atoms with Crippen LogP contribution in [0.2, 0.25) is 0 Å². The molecule has 17 heavy (non-hydrogen) atoms. The lowest BCUT2D eigenvalue weighted by Gasteiger charge is -2.05. The Bertz CT molecular complexity index is 453. The van der Waals surface area contributed by atoms with Crippen LogP contribution >= 0.6 is 24.2 Å². The van der Waals surface area contributed by atoms with Crippen molar-refractivity contribution in [1.29, 1.82) is 0 Å². The number of nitrogens with zero attached hydrogens (tertiary/aromatic N) is 2. The molecule has 1 atom stereocenters. The van der Waals surface area contributed by atoms with Gasteiger partial charge in [-0.05, 0) is 12.0 Å². The van der Waals surface area contributed by atoms with Crippen LogP contribution in [0.1, 0.15) is 5.56 Å². The number of hydrogen-bond acceptors (Lipinski definition) is 5. The second-order valence-corrected chi connectivity index (χ2v) is 4.60. The third-order valence-corrected chi connectivity index (χ3v) is 3.28. The van der Waals surface area contributed by atoms with Gasteiger partial charge in [0.05, 0.1) is 11.0 Å². The van der Waals surface area contributed by atoms with Gasteiger partial charge >= 0.3 is 0 Å². The normalized spacial score (nSPS) is 18.4. The van der Waals surface area contributed by atoms with Gasteiger partial charge in [-0.2, -0.15) is 0 Å². The van der Waals surface area contributed by atoms with Crippen molar-refractivity contribution in [1.82, 2.24) is 0 Å². The number of aliphatic imine (C=N–C) groups is 1. The number of halogens is 1. The predicted molar refractivity (Wildman–Crippen MR) is 71.9 cm³/mol. The second-order valence-electron chi connectivity index (χ2n) is 3.56. The van der Waals surface area contributed by atoms with E-state index >= 15 is 0 Å². The number of non-ortho nitro benzene ring substituents is 1. The van der Waals surface area contributed by atoms with E-state index in [4.69, 9.17) is 5.73 Å². The molecule has 1 aromatic rings. The molecule has 1 aliphatic rings. The molecule has 0 aliphatic carbocycles. The van der Waals surface area contributed by atoms with Crippen LogP contribution in [0, 0.1) is 10.1 Å². The fourth-order valence-electron chi connectivity index (χ4n) is 1.61. The quantitative estimate of drug-likeness (QED) is 0.674. The van der Waals surface area contributed by atoms with Gasteiger partial charge in [-0.1, -0.05) is 23.9 Å². The van der Waals surface area contributed by atoms with Gasteiger partial charge in [0.15, 0.2) is 5.17 Å². The van der Waals surface area contributed by atoms with Crippen LogP contribution in [0.5, 0.6) is 0 Å². The summed E-state index contributed by atoms with van der Waals surface area (Å²) in [5.41, 5.74) is 6.62. The van der Waals surface area contributed by atoms with Crippen molar-refractivity contribution < 1.29 is 4.92 Å². The topological polar surface area (TPSA) is 81.5 Å². The molecule has 0 unspecified atom stereocenters. The Morgan fingerprint density at radius 3 is 2.94 bits per heavy atom. The first-order valence-electron chi connectivity index (χ1n) is 4.84. The van der Waals surface area contributed by atoms with Gasteiger partial charge in [0.2, 0.25) is 0 Å². The minimum atomic E-state index is -0.384. The largest absolute Gasteiger partial charge is 0.379 e. The molecular formula is C10H12ClN3O2S. The van der Waals surface area contributed by atoms with Crippen molar-refractivity contribution in [2.24, 2.45) is 10.7 Å². The third kappa shape index (κ3) is 3.61. The molecule has 0 saturated carbocycles. The molecule has 92 valence electrons. The summed E-state index contributed by atoms with van der Waals surface area (Å²) in [6, 6.07) is 6.80. The average molecular weight is 274 g/mol. The Morgan fingerprint density at radius 1 is 1.59 bits per heavy atom. The summed E-state index contributed by atoms with van der Waals surface area (Å²) < 4.78 is 0. The number of nitro benzene ring substituents is 1. The molecule has 0 spiro atoms. The summed E-state index contributed by atoms with van der Waals surface area (Å²) in [7, 11) is 0. The van der Waals surface area contributed by atoms with Crippen molar-refractivity contribution in [3.63, 3.8) is 0 Å². The summed E-state index contributed by atoms with van der Waals surface area (Å²) in [5.74, 6) is 0.856. The van der Waals surface area contributed by atoms with Gasteiger partial charge in [-0.25, -0.2) is 0 Å². The van der Waals surface area contributed by atoms with E-state index in [-0.39, 0.29) is 29.1 Å². The highest BCUT2D eigenvalue weighted by molar-refractivity contribution is 8.14. The maximum atomic E-state index is 10.6. The monoisotopic (exact) mass is 273 g/mol. The zero-order valence-corrected chi connectivity index (χ0v) is 10.5. The van der Waals surface area contributed by atoms with Crippen LogP contribution in [-0.4, -0.2) is 21.9 Å². The fraction of sp³-hybridized carbons (Fsp3) is 0.300. The van der Waals surface area contributed by atoms with Crippen LogP contribution in [0.25, 0.3) is 0 Å². The highest BCUT2D eigenvalue weighted by Gasteiger charge is 2.17. The number of amidine groups is 1. The van der Waals surface area contributed by atoms with E-state index in [9.17, 15) is 10.1 Å². The van der Waals surface area contributed by atoms with E-state index in [2.05, 4.69) is 4.99 Å². The molecule has 5 nitrogen and oxygen atoms in total. The van der Waals surface area contributed by atoms with E-state index in [1.165, 1.54) is 17.8 Å². The maximum Gasteiger partial charge on any atom is 0.269 e. The number of nitro groups is 1. The minimum Gasteiger partial charge on any atom is -0.379 e. The van der Waals surface area contributed by atoms with Gasteiger partial charge in [-0.15, -0.1) is 12.4 Å². The molecule has 1 aromatic carbocycles. The van der Waals surface area contributed by atoms with E-state index in [1.54, 1.807) is 12.1 Å². The van der Waals surface area contributed by atoms with Crippen LogP contribution < -0.4 is 5.73 Å². The van der Waals surface area contributed by atoms with Gasteiger partial charge in [-0.3, -0.25) is 15.1 Å². The Kier molecular flexibility index (Phi) is 4.77. The standard InChI is InChI=1S/C10H11N3O2S.ClH/c11-10-12-8(6-16-10)4-7-2-1-3-9(5-7)13(14)15;/h1-3,5,8H,4,6H2,(H2,11,12);1H/t8-;/m0./s1. The molecule has 0 radical (unpaired) electrons. The lowest BCUT2D eigenvalue weighted by molar-refractivity contribution is -0.384. The van der Waals surface area contributed by atoms with Crippen molar-refractivity contribution in [3.05, 3.63) is 39.9 Å². The van der Waals surface area contributed by atoms with E-state index < -0.39 is 0 Å². The molecule has 1 heterocycles. The third-order valence-electron chi connectivity index (χ3n) is 2.33. The molecular weight excluding hydrogens is 262 g/mol. The number of thioether (sulfide) groups is 1. The molecule has 0 amide bonds. The van der Waals surface area contributed by atoms with E-state index in [1.807, 2.05) is 6.07 Å². The highest BCUT2D eigenvalue weighted by atomic mass is 35.5. The molecule has 7 heteroatoms. The minimum absolute atomic E-state index is 0. The fourth-order valence-corrected chi connectivity index (χ4v) is 2.39. The Morgan fingerprint density at radius 2 is 2.35 bits per heavy atom. The highest BCUT2D eigenvalue weighted by Crippen LogP contribution is 2.20. The Balaban J connectivity index is 0.00000144. The molecule has 0 fully saturated rings. The Hall–Kier alpha value is -1.27. The molecule has 2 N–H and O–H groups in total. The average Bonchev–Trinajstić information content (AvgIpc) is 2.64. The van der Waals surface area contributed by atoms with Crippen LogP contribution in [0.3, 0.4) is 0 Å². The Labute approximate surface area is 109 Å². The maximum absolute atomic E-state index is 10.6. The van der Waals surface area contributed by atoms with Crippen LogP contribution in [-0.2, 0) is 6.42 Å². The summed E-state index contributed by atoms with van der Waals surface area (Å²) in [5, 5.41) is 11.2. The van der Waals surface area contributed by atoms with Gasteiger partial charge < -0.3 is 5.73 Å². The van der Waals surface area contributed by atoms with Crippen molar-refractivity contribution in [3.8, 4) is 0 Å². The molecule has 2 rings (SSSR count). The van der Waals surface area contributed by atoms with Gasteiger partial charge in [0, 0.05) is 17.9 Å². The number of benzene rings is 1. The van der Waals surface area contributed by atoms with Crippen molar-refractivity contribution in [2.75, 3.05) is 5.75 Å². The molecule has 0 saturated heterocycles. The van der Waals surface area contributed by atoms with Crippen LogP contribution in [0.4, 0.5) is 5.69 Å². The summed E-state index contributed by atoms with van der Waals surface area (Å²) in [6.45, 7) is 0. The first kappa shape index (κ1) is 13.8. The molecule has 1 aliphatic heterocycles. The van der Waals surface area contributed by atoms with Gasteiger partial charge in [0.25, 0.3) is 5.69 Å². The number of nitrogens with two attached hydrogens (primary N) is 1. The first-order valence-corrected chi connectivity index (χ1v) is 5.83. The van der Waals surface area contributed by atoms with Gasteiger partial charge in [0.1, 0.15) is 0 Å². The summed E-state index contributed by atoms with van der Waals surface area (Å²) in [4.78, 5) is 14.5. The van der Waals surface area contributed by atoms with E-state index in [0.717, 1.165) is 11.3 Å². The van der Waals surface area contributed by atoms with Crippen molar-refractivity contribution in [2.45, 2.75) is 12.5 Å². The summed E-state index contributed by atoms with van der Waals surface area (Å²) >= 11 is 1.53. The van der Waals surface area contributed by atoms with E-state index in [0.29, 0.717) is 11.6 Å². The SMILES string of the molecule is Cl.NC1=N[C@@H](Cc2cccc([N+](=O)[O-])c2)CS1. The second kappa shape index (κ2) is 5.88. The number of hydrogen-bond donors (Lipinski definition) is 1. The smallest absolute Gasteiger partial charge is 0.269 e.